The highest BCUT2D eigenvalue weighted by Gasteiger charge is 2.02. The first-order valence-corrected chi connectivity index (χ1v) is 6.38. The molecule has 2 heterocycles. The lowest BCUT2D eigenvalue weighted by Gasteiger charge is -2.01. The molecular formula is C14H19N3O. The molecule has 0 saturated heterocycles. The number of fused-ring (bicyclic) bond motifs is 1. The van der Waals surface area contributed by atoms with Crippen molar-refractivity contribution in [3.8, 4) is 0 Å². The van der Waals surface area contributed by atoms with Crippen molar-refractivity contribution in [1.29, 1.82) is 0 Å². The third kappa shape index (κ3) is 3.67. The zero-order valence-corrected chi connectivity index (χ0v) is 10.6. The minimum atomic E-state index is 0.776. The van der Waals surface area contributed by atoms with Crippen LogP contribution in [0.2, 0.25) is 0 Å². The SMILES string of the molecule is C=CCCOCCCCc1nc2ncccc2[nH]1. The Labute approximate surface area is 107 Å². The van der Waals surface area contributed by atoms with E-state index in [2.05, 4.69) is 21.5 Å². The van der Waals surface area contributed by atoms with E-state index in [0.29, 0.717) is 0 Å². The molecule has 96 valence electrons. The standard InChI is InChI=1S/C14H19N3O/c1-2-3-10-18-11-5-4-8-13-16-12-7-6-9-15-14(12)17-13/h2,6-7,9H,1,3-5,8,10-11H2,(H,15,16,17). The van der Waals surface area contributed by atoms with Crippen molar-refractivity contribution in [3.05, 3.63) is 36.8 Å². The Hall–Kier alpha value is -1.68. The molecule has 0 aliphatic rings. The summed E-state index contributed by atoms with van der Waals surface area (Å²) in [5.41, 5.74) is 1.81. The summed E-state index contributed by atoms with van der Waals surface area (Å²) in [7, 11) is 0. The van der Waals surface area contributed by atoms with Gasteiger partial charge in [-0.2, -0.15) is 0 Å². The molecule has 0 unspecified atom stereocenters. The van der Waals surface area contributed by atoms with Gasteiger partial charge in [-0.1, -0.05) is 6.08 Å². The molecule has 2 aromatic rings. The van der Waals surface area contributed by atoms with Crippen LogP contribution < -0.4 is 0 Å². The fourth-order valence-electron chi connectivity index (χ4n) is 1.78. The zero-order valence-electron chi connectivity index (χ0n) is 10.6. The number of aromatic nitrogens is 3. The smallest absolute Gasteiger partial charge is 0.177 e. The van der Waals surface area contributed by atoms with E-state index in [4.69, 9.17) is 4.74 Å². The lowest BCUT2D eigenvalue weighted by atomic mass is 10.2. The molecular weight excluding hydrogens is 226 g/mol. The fourth-order valence-corrected chi connectivity index (χ4v) is 1.78. The molecule has 0 aliphatic heterocycles. The van der Waals surface area contributed by atoms with E-state index < -0.39 is 0 Å². The fraction of sp³-hybridized carbons (Fsp3) is 0.429. The number of aryl methyl sites for hydroxylation is 1. The van der Waals surface area contributed by atoms with Crippen LogP contribution in [0, 0.1) is 0 Å². The highest BCUT2D eigenvalue weighted by atomic mass is 16.5. The van der Waals surface area contributed by atoms with Gasteiger partial charge in [0.1, 0.15) is 5.82 Å². The average Bonchev–Trinajstić information content (AvgIpc) is 2.80. The maximum Gasteiger partial charge on any atom is 0.177 e. The van der Waals surface area contributed by atoms with Crippen molar-refractivity contribution in [2.45, 2.75) is 25.7 Å². The Morgan fingerprint density at radius 3 is 3.11 bits per heavy atom. The van der Waals surface area contributed by atoms with Gasteiger partial charge in [0.2, 0.25) is 0 Å². The Balaban J connectivity index is 1.68. The minimum absolute atomic E-state index is 0.776. The van der Waals surface area contributed by atoms with Crippen LogP contribution in [0.1, 0.15) is 25.1 Å². The summed E-state index contributed by atoms with van der Waals surface area (Å²) >= 11 is 0. The molecule has 0 fully saturated rings. The first-order valence-electron chi connectivity index (χ1n) is 6.38. The van der Waals surface area contributed by atoms with E-state index in [9.17, 15) is 0 Å². The number of unbranched alkanes of at least 4 members (excludes halogenated alkanes) is 1. The first kappa shape index (κ1) is 12.8. The van der Waals surface area contributed by atoms with E-state index in [1.54, 1.807) is 6.20 Å². The summed E-state index contributed by atoms with van der Waals surface area (Å²) in [6.07, 6.45) is 7.65. The van der Waals surface area contributed by atoms with Crippen molar-refractivity contribution in [2.75, 3.05) is 13.2 Å². The van der Waals surface area contributed by atoms with Crippen LogP contribution in [0.25, 0.3) is 11.2 Å². The summed E-state index contributed by atoms with van der Waals surface area (Å²) in [6, 6.07) is 3.91. The van der Waals surface area contributed by atoms with Gasteiger partial charge in [0.25, 0.3) is 0 Å². The number of hydrogen-bond acceptors (Lipinski definition) is 3. The molecule has 2 rings (SSSR count). The molecule has 2 aromatic heterocycles. The van der Waals surface area contributed by atoms with Gasteiger partial charge in [-0.05, 0) is 31.4 Å². The Morgan fingerprint density at radius 1 is 1.33 bits per heavy atom. The topological polar surface area (TPSA) is 50.8 Å². The molecule has 0 bridgehead atoms. The minimum Gasteiger partial charge on any atom is -0.381 e. The summed E-state index contributed by atoms with van der Waals surface area (Å²) in [6.45, 7) is 5.24. The second kappa shape index (κ2) is 6.91. The second-order valence-corrected chi connectivity index (χ2v) is 4.20. The van der Waals surface area contributed by atoms with Crippen LogP contribution >= 0.6 is 0 Å². The van der Waals surface area contributed by atoms with Crippen molar-refractivity contribution in [1.82, 2.24) is 15.0 Å². The van der Waals surface area contributed by atoms with Crippen LogP contribution in [0.3, 0.4) is 0 Å². The molecule has 0 atom stereocenters. The Bertz CT molecular complexity index is 459. The Morgan fingerprint density at radius 2 is 2.28 bits per heavy atom. The third-order valence-electron chi connectivity index (χ3n) is 2.73. The molecule has 0 aliphatic carbocycles. The van der Waals surface area contributed by atoms with E-state index >= 15 is 0 Å². The number of ether oxygens (including phenoxy) is 1. The molecule has 0 saturated carbocycles. The summed E-state index contributed by atoms with van der Waals surface area (Å²) in [5.74, 6) is 1.01. The molecule has 0 aromatic carbocycles. The normalized spacial score (nSPS) is 10.9. The Kier molecular flexibility index (Phi) is 4.90. The monoisotopic (exact) mass is 245 g/mol. The van der Waals surface area contributed by atoms with Crippen molar-refractivity contribution < 1.29 is 4.74 Å². The second-order valence-electron chi connectivity index (χ2n) is 4.20. The number of imidazole rings is 1. The lowest BCUT2D eigenvalue weighted by molar-refractivity contribution is 0.135. The quantitative estimate of drug-likeness (QED) is 0.574. The van der Waals surface area contributed by atoms with E-state index in [0.717, 1.165) is 55.9 Å². The van der Waals surface area contributed by atoms with Gasteiger partial charge in [-0.3, -0.25) is 0 Å². The molecule has 4 heteroatoms. The number of hydrogen-bond donors (Lipinski definition) is 1. The molecule has 1 N–H and O–H groups in total. The number of nitrogens with zero attached hydrogens (tertiary/aromatic N) is 2. The largest absolute Gasteiger partial charge is 0.381 e. The van der Waals surface area contributed by atoms with Gasteiger partial charge in [0, 0.05) is 25.8 Å². The summed E-state index contributed by atoms with van der Waals surface area (Å²) in [5, 5.41) is 0. The summed E-state index contributed by atoms with van der Waals surface area (Å²) in [4.78, 5) is 11.9. The number of rotatable bonds is 8. The highest BCUT2D eigenvalue weighted by Crippen LogP contribution is 2.09. The highest BCUT2D eigenvalue weighted by molar-refractivity contribution is 5.69. The van der Waals surface area contributed by atoms with Crippen molar-refractivity contribution >= 4 is 11.2 Å². The zero-order chi connectivity index (χ0) is 12.6. The average molecular weight is 245 g/mol. The number of pyridine rings is 1. The van der Waals surface area contributed by atoms with Gasteiger partial charge in [0.05, 0.1) is 5.52 Å². The van der Waals surface area contributed by atoms with Crippen molar-refractivity contribution in [2.24, 2.45) is 0 Å². The molecule has 0 spiro atoms. The lowest BCUT2D eigenvalue weighted by Crippen LogP contribution is -1.97. The number of nitrogens with one attached hydrogen (secondary N) is 1. The van der Waals surface area contributed by atoms with Crippen LogP contribution in [0.5, 0.6) is 0 Å². The van der Waals surface area contributed by atoms with Gasteiger partial charge in [0.15, 0.2) is 5.65 Å². The van der Waals surface area contributed by atoms with E-state index in [-0.39, 0.29) is 0 Å². The van der Waals surface area contributed by atoms with E-state index in [1.807, 2.05) is 18.2 Å². The number of H-pyrrole nitrogens is 1. The maximum absolute atomic E-state index is 5.46. The predicted octanol–water partition coefficient (Wildman–Crippen LogP) is 2.87. The third-order valence-corrected chi connectivity index (χ3v) is 2.73. The maximum atomic E-state index is 5.46. The van der Waals surface area contributed by atoms with E-state index in [1.165, 1.54) is 0 Å². The molecule has 0 amide bonds. The van der Waals surface area contributed by atoms with Gasteiger partial charge in [-0.15, -0.1) is 6.58 Å². The first-order chi connectivity index (χ1) is 8.90. The molecule has 0 radical (unpaired) electrons. The molecule has 18 heavy (non-hydrogen) atoms. The van der Waals surface area contributed by atoms with Gasteiger partial charge >= 0.3 is 0 Å². The molecule has 4 nitrogen and oxygen atoms in total. The van der Waals surface area contributed by atoms with Crippen LogP contribution in [0.15, 0.2) is 31.0 Å². The van der Waals surface area contributed by atoms with Gasteiger partial charge in [-0.25, -0.2) is 9.97 Å². The van der Waals surface area contributed by atoms with Crippen molar-refractivity contribution in [3.63, 3.8) is 0 Å². The van der Waals surface area contributed by atoms with Crippen LogP contribution in [-0.2, 0) is 11.2 Å². The number of aromatic amines is 1. The summed E-state index contributed by atoms with van der Waals surface area (Å²) < 4.78 is 5.46. The van der Waals surface area contributed by atoms with Crippen LogP contribution in [-0.4, -0.2) is 28.2 Å². The predicted molar refractivity (Wildman–Crippen MR) is 72.5 cm³/mol. The van der Waals surface area contributed by atoms with Gasteiger partial charge < -0.3 is 9.72 Å². The van der Waals surface area contributed by atoms with Crippen LogP contribution in [0.4, 0.5) is 0 Å².